The lowest BCUT2D eigenvalue weighted by atomic mass is 10.1. The Bertz CT molecular complexity index is 1340. The lowest BCUT2D eigenvalue weighted by Crippen LogP contribution is -2.30. The van der Waals surface area contributed by atoms with Crippen molar-refractivity contribution in [1.82, 2.24) is 0 Å². The third kappa shape index (κ3) is 42.8. The second kappa shape index (κ2) is 39.3. The summed E-state index contributed by atoms with van der Waals surface area (Å²) in [6.07, 6.45) is 34.2. The first-order valence-corrected chi connectivity index (χ1v) is 25.2. The van der Waals surface area contributed by atoms with E-state index in [1.54, 1.807) is 24.3 Å². The second-order valence-corrected chi connectivity index (χ2v) is 17.7. The molecule has 0 heterocycles. The molecule has 6 N–H and O–H groups in total. The van der Waals surface area contributed by atoms with E-state index < -0.39 is 78.4 Å². The molecule has 0 aromatic heterocycles. The number of ether oxygens (including phenoxy) is 2. The number of aliphatic hydroxyl groups excluding tert-OH is 3. The molecular formula is C44H78O15P2. The van der Waals surface area contributed by atoms with Gasteiger partial charge in [0.1, 0.15) is 12.7 Å². The normalized spacial score (nSPS) is 15.6. The van der Waals surface area contributed by atoms with E-state index in [4.69, 9.17) is 23.8 Å². The Kier molecular flexibility index (Phi) is 37.9. The summed E-state index contributed by atoms with van der Waals surface area (Å²) in [5.74, 6) is -1.27. The maximum absolute atomic E-state index is 12.7. The summed E-state index contributed by atoms with van der Waals surface area (Å²) in [6.45, 7) is 1.38. The van der Waals surface area contributed by atoms with E-state index >= 15 is 0 Å². The van der Waals surface area contributed by atoms with E-state index in [1.807, 2.05) is 24.3 Å². The van der Waals surface area contributed by atoms with Crippen LogP contribution < -0.4 is 0 Å². The minimum Gasteiger partial charge on any atom is -0.462 e. The molecule has 0 fully saturated rings. The molecule has 1 unspecified atom stereocenters. The molecule has 5 atom stereocenters. The van der Waals surface area contributed by atoms with E-state index in [1.165, 1.54) is 25.7 Å². The molecule has 61 heavy (non-hydrogen) atoms. The van der Waals surface area contributed by atoms with Crippen LogP contribution in [-0.4, -0.2) is 92.8 Å². The van der Waals surface area contributed by atoms with Crippen LogP contribution in [0.5, 0.6) is 0 Å². The monoisotopic (exact) mass is 908 g/mol. The van der Waals surface area contributed by atoms with E-state index in [2.05, 4.69) is 35.0 Å². The quantitative estimate of drug-likeness (QED) is 0.0110. The third-order valence-corrected chi connectivity index (χ3v) is 10.5. The summed E-state index contributed by atoms with van der Waals surface area (Å²) < 4.78 is 47.6. The number of aliphatic hydroxyl groups is 3. The fourth-order valence-electron chi connectivity index (χ4n) is 5.61. The molecule has 354 valence electrons. The molecule has 0 bridgehead atoms. The van der Waals surface area contributed by atoms with Crippen molar-refractivity contribution in [3.63, 3.8) is 0 Å². The van der Waals surface area contributed by atoms with Gasteiger partial charge in [-0.05, 0) is 57.8 Å². The number of phosphoric acid groups is 2. The molecule has 0 spiro atoms. The Morgan fingerprint density at radius 1 is 0.541 bits per heavy atom. The zero-order chi connectivity index (χ0) is 45.5. The van der Waals surface area contributed by atoms with Gasteiger partial charge >= 0.3 is 27.6 Å². The molecule has 0 aliphatic heterocycles. The predicted molar refractivity (Wildman–Crippen MR) is 237 cm³/mol. The zero-order valence-corrected chi connectivity index (χ0v) is 38.5. The topological polar surface area (TPSA) is 236 Å². The number of carbonyl (C=O) groups excluding carboxylic acids is 2. The third-order valence-electron chi connectivity index (χ3n) is 9.08. The van der Waals surface area contributed by atoms with E-state index in [0.29, 0.717) is 19.3 Å². The van der Waals surface area contributed by atoms with Gasteiger partial charge in [0.15, 0.2) is 6.10 Å². The summed E-state index contributed by atoms with van der Waals surface area (Å²) in [5.41, 5.74) is 0. The number of allylic oxidation sites excluding steroid dienone is 8. The highest BCUT2D eigenvalue weighted by Crippen LogP contribution is 2.43. The Labute approximate surface area is 365 Å². The average molecular weight is 909 g/mol. The molecule has 0 aliphatic rings. The second-order valence-electron chi connectivity index (χ2n) is 15.0. The standard InChI is InChI=1S/C44H78O15P2/c1-3-5-7-8-9-10-11-12-13-14-15-16-20-23-27-33-44(49)59-42(38-58-61(53,54)57-36-41(47)35-56-60(50,51)52)37-55-43(48)34-28-32-40(46)31-26-22-19-17-18-21-25-30-39(45)29-24-6-4-2/h10-11,18-19,21-22,25-26,30-31,39-42,45-47H,3-9,12-17,20,23-24,27-29,32-38H2,1-2H3,(H,53,54)(H2,50,51,52)/b11-10-,21-18-,22-19-,30-25+,31-26+/t39-,40-,41-,42+/m0/s1. The molecule has 0 saturated heterocycles. The van der Waals surface area contributed by atoms with Gasteiger partial charge in [-0.25, -0.2) is 9.13 Å². The zero-order valence-electron chi connectivity index (χ0n) is 36.7. The van der Waals surface area contributed by atoms with Crippen molar-refractivity contribution in [2.24, 2.45) is 0 Å². The van der Waals surface area contributed by atoms with Gasteiger partial charge in [0.25, 0.3) is 0 Å². The minimum absolute atomic E-state index is 0.0557. The van der Waals surface area contributed by atoms with Crippen molar-refractivity contribution in [3.05, 3.63) is 60.8 Å². The van der Waals surface area contributed by atoms with Crippen LogP contribution in [0.15, 0.2) is 60.8 Å². The van der Waals surface area contributed by atoms with Crippen LogP contribution in [0, 0.1) is 0 Å². The Morgan fingerprint density at radius 2 is 1.03 bits per heavy atom. The van der Waals surface area contributed by atoms with Gasteiger partial charge in [-0.15, -0.1) is 0 Å². The van der Waals surface area contributed by atoms with Gasteiger partial charge in [-0.1, -0.05) is 145 Å². The molecule has 15 nitrogen and oxygen atoms in total. The maximum atomic E-state index is 12.7. The molecule has 0 amide bonds. The number of unbranched alkanes of at least 4 members (excludes halogenated alkanes) is 13. The summed E-state index contributed by atoms with van der Waals surface area (Å²) in [6, 6.07) is 0. The van der Waals surface area contributed by atoms with Crippen LogP contribution in [0.25, 0.3) is 0 Å². The van der Waals surface area contributed by atoms with Gasteiger partial charge in [0, 0.05) is 12.8 Å². The smallest absolute Gasteiger partial charge is 0.462 e. The Morgan fingerprint density at radius 3 is 1.62 bits per heavy atom. The molecule has 17 heteroatoms. The Balaban J connectivity index is 4.74. The Hall–Kier alpha value is -2.26. The first-order chi connectivity index (χ1) is 29.2. The number of esters is 2. The van der Waals surface area contributed by atoms with Crippen LogP contribution in [0.3, 0.4) is 0 Å². The van der Waals surface area contributed by atoms with Gasteiger partial charge in [0.05, 0.1) is 32.0 Å². The summed E-state index contributed by atoms with van der Waals surface area (Å²) >= 11 is 0. The fourth-order valence-corrected chi connectivity index (χ4v) is 6.77. The van der Waals surface area contributed by atoms with Gasteiger partial charge < -0.3 is 39.5 Å². The number of phosphoric ester groups is 2. The van der Waals surface area contributed by atoms with E-state index in [9.17, 15) is 38.9 Å². The van der Waals surface area contributed by atoms with Crippen molar-refractivity contribution in [2.45, 2.75) is 180 Å². The van der Waals surface area contributed by atoms with Crippen molar-refractivity contribution >= 4 is 27.6 Å². The van der Waals surface area contributed by atoms with Crippen LogP contribution in [-0.2, 0) is 41.8 Å². The van der Waals surface area contributed by atoms with Crippen molar-refractivity contribution < 1.29 is 71.8 Å². The number of hydrogen-bond donors (Lipinski definition) is 6. The van der Waals surface area contributed by atoms with Gasteiger partial charge in [-0.2, -0.15) is 0 Å². The molecule has 0 aromatic rings. The molecule has 0 saturated carbocycles. The molecule has 0 aliphatic carbocycles. The highest BCUT2D eigenvalue weighted by atomic mass is 31.2. The van der Waals surface area contributed by atoms with Gasteiger partial charge in [0.2, 0.25) is 0 Å². The van der Waals surface area contributed by atoms with Crippen LogP contribution in [0.1, 0.15) is 155 Å². The van der Waals surface area contributed by atoms with Crippen LogP contribution in [0.2, 0.25) is 0 Å². The summed E-state index contributed by atoms with van der Waals surface area (Å²) in [4.78, 5) is 52.7. The van der Waals surface area contributed by atoms with Crippen molar-refractivity contribution in [1.29, 1.82) is 0 Å². The lowest BCUT2D eigenvalue weighted by molar-refractivity contribution is -0.161. The molecule has 0 rings (SSSR count). The van der Waals surface area contributed by atoms with Crippen LogP contribution in [0.4, 0.5) is 0 Å². The van der Waals surface area contributed by atoms with E-state index in [0.717, 1.165) is 77.0 Å². The number of carbonyl (C=O) groups is 2. The highest BCUT2D eigenvalue weighted by Gasteiger charge is 2.28. The number of rotatable bonds is 41. The van der Waals surface area contributed by atoms with Gasteiger partial charge in [-0.3, -0.25) is 23.2 Å². The van der Waals surface area contributed by atoms with Crippen LogP contribution >= 0.6 is 15.6 Å². The molecular weight excluding hydrogens is 830 g/mol. The highest BCUT2D eigenvalue weighted by molar-refractivity contribution is 7.47. The molecule has 0 radical (unpaired) electrons. The number of hydrogen-bond acceptors (Lipinski definition) is 12. The SMILES string of the molecule is CCCCCC/C=C\CCCCCCCCCC(=O)O[C@H](COC(=O)CCC[C@@H](O)/C=C/C=C\C/C=C\C=C\[C@@H](O)CCCCC)COP(=O)(O)OC[C@@H](O)COP(=O)(O)O. The molecule has 0 aromatic carbocycles. The minimum atomic E-state index is -4.89. The summed E-state index contributed by atoms with van der Waals surface area (Å²) in [7, 11) is -9.75. The maximum Gasteiger partial charge on any atom is 0.472 e. The first kappa shape index (κ1) is 58.7. The fraction of sp³-hybridized carbons (Fsp3) is 0.727. The first-order valence-electron chi connectivity index (χ1n) is 22.2. The largest absolute Gasteiger partial charge is 0.472 e. The average Bonchev–Trinajstić information content (AvgIpc) is 3.21. The van der Waals surface area contributed by atoms with Crippen molar-refractivity contribution in [3.8, 4) is 0 Å². The van der Waals surface area contributed by atoms with Crippen molar-refractivity contribution in [2.75, 3.05) is 26.4 Å². The predicted octanol–water partition coefficient (Wildman–Crippen LogP) is 9.17. The lowest BCUT2D eigenvalue weighted by Gasteiger charge is -2.20. The summed E-state index contributed by atoms with van der Waals surface area (Å²) in [5, 5.41) is 29.9. The van der Waals surface area contributed by atoms with E-state index in [-0.39, 0.29) is 19.3 Å².